The van der Waals surface area contributed by atoms with Crippen molar-refractivity contribution >= 4 is 17.5 Å². The first-order valence-corrected chi connectivity index (χ1v) is 8.02. The van der Waals surface area contributed by atoms with E-state index in [4.69, 9.17) is 4.52 Å². The molecule has 0 aromatic carbocycles. The van der Waals surface area contributed by atoms with Crippen LogP contribution in [0.4, 0.5) is 5.69 Å². The van der Waals surface area contributed by atoms with E-state index in [9.17, 15) is 9.59 Å². The SMILES string of the molecule is CCc1onc(C)c1NC(=O)C1CC(=O)N(Cc2ccccn2)C1. The summed E-state index contributed by atoms with van der Waals surface area (Å²) in [6.45, 7) is 4.54. The molecule has 1 atom stereocenters. The molecule has 2 aromatic heterocycles. The Labute approximate surface area is 140 Å². The number of carbonyl (C=O) groups is 2. The summed E-state index contributed by atoms with van der Waals surface area (Å²) in [5.74, 6) is 0.0714. The fraction of sp³-hybridized carbons (Fsp3) is 0.412. The number of pyridine rings is 1. The minimum Gasteiger partial charge on any atom is -0.359 e. The van der Waals surface area contributed by atoms with Crippen LogP contribution in [0.2, 0.25) is 0 Å². The first-order chi connectivity index (χ1) is 11.6. The van der Waals surface area contributed by atoms with Gasteiger partial charge >= 0.3 is 0 Å². The molecule has 1 aliphatic rings. The summed E-state index contributed by atoms with van der Waals surface area (Å²) >= 11 is 0. The predicted molar refractivity (Wildman–Crippen MR) is 87.0 cm³/mol. The Morgan fingerprint density at radius 3 is 3.00 bits per heavy atom. The maximum atomic E-state index is 12.5. The van der Waals surface area contributed by atoms with Crippen LogP contribution in [-0.4, -0.2) is 33.4 Å². The van der Waals surface area contributed by atoms with E-state index in [0.717, 1.165) is 5.69 Å². The molecule has 1 saturated heterocycles. The number of likely N-dealkylation sites (tertiary alicyclic amines) is 1. The third kappa shape index (κ3) is 3.29. The molecule has 0 bridgehead atoms. The van der Waals surface area contributed by atoms with Crippen LogP contribution >= 0.6 is 0 Å². The Morgan fingerprint density at radius 1 is 1.46 bits per heavy atom. The molecule has 7 heteroatoms. The highest BCUT2D eigenvalue weighted by Crippen LogP contribution is 2.25. The number of hydrogen-bond donors (Lipinski definition) is 1. The van der Waals surface area contributed by atoms with Crippen molar-refractivity contribution in [2.75, 3.05) is 11.9 Å². The van der Waals surface area contributed by atoms with Crippen molar-refractivity contribution in [3.8, 4) is 0 Å². The number of anilines is 1. The number of amides is 2. The minimum atomic E-state index is -0.375. The lowest BCUT2D eigenvalue weighted by Gasteiger charge is -2.16. The molecule has 3 heterocycles. The number of aromatic nitrogens is 2. The van der Waals surface area contributed by atoms with Crippen molar-refractivity contribution in [1.29, 1.82) is 0 Å². The van der Waals surface area contributed by atoms with Gasteiger partial charge in [-0.25, -0.2) is 0 Å². The first kappa shape index (κ1) is 16.2. The fourth-order valence-electron chi connectivity index (χ4n) is 2.83. The van der Waals surface area contributed by atoms with Gasteiger partial charge in [0.25, 0.3) is 0 Å². The van der Waals surface area contributed by atoms with Crippen molar-refractivity contribution in [3.63, 3.8) is 0 Å². The van der Waals surface area contributed by atoms with Crippen LogP contribution in [0, 0.1) is 12.8 Å². The number of nitrogens with zero attached hydrogens (tertiary/aromatic N) is 3. The normalized spacial score (nSPS) is 17.3. The van der Waals surface area contributed by atoms with Gasteiger partial charge in [-0.1, -0.05) is 18.1 Å². The van der Waals surface area contributed by atoms with Gasteiger partial charge in [-0.05, 0) is 19.1 Å². The Balaban J connectivity index is 1.64. The smallest absolute Gasteiger partial charge is 0.229 e. The predicted octanol–water partition coefficient (Wildman–Crippen LogP) is 1.93. The number of hydrogen-bond acceptors (Lipinski definition) is 5. The molecule has 1 unspecified atom stereocenters. The van der Waals surface area contributed by atoms with Crippen LogP contribution in [0.1, 0.15) is 30.5 Å². The van der Waals surface area contributed by atoms with Gasteiger partial charge in [-0.2, -0.15) is 0 Å². The van der Waals surface area contributed by atoms with Crippen molar-refractivity contribution in [3.05, 3.63) is 41.5 Å². The molecule has 1 aliphatic heterocycles. The average molecular weight is 328 g/mol. The minimum absolute atomic E-state index is 0.0291. The molecule has 2 aromatic rings. The van der Waals surface area contributed by atoms with Crippen LogP contribution in [0.25, 0.3) is 0 Å². The summed E-state index contributed by atoms with van der Waals surface area (Å²) in [6.07, 6.45) is 2.55. The van der Waals surface area contributed by atoms with Gasteiger partial charge in [0.05, 0.1) is 18.2 Å². The van der Waals surface area contributed by atoms with Gasteiger partial charge in [0.1, 0.15) is 11.4 Å². The lowest BCUT2D eigenvalue weighted by molar-refractivity contribution is -0.128. The molecule has 126 valence electrons. The van der Waals surface area contributed by atoms with Crippen LogP contribution < -0.4 is 5.32 Å². The summed E-state index contributed by atoms with van der Waals surface area (Å²) < 4.78 is 5.18. The van der Waals surface area contributed by atoms with E-state index in [1.165, 1.54) is 0 Å². The van der Waals surface area contributed by atoms with Gasteiger partial charge in [-0.15, -0.1) is 0 Å². The van der Waals surface area contributed by atoms with E-state index in [-0.39, 0.29) is 24.2 Å². The highest BCUT2D eigenvalue weighted by molar-refractivity contribution is 5.97. The largest absolute Gasteiger partial charge is 0.359 e. The molecule has 0 aliphatic carbocycles. The van der Waals surface area contributed by atoms with Crippen LogP contribution in [0.15, 0.2) is 28.9 Å². The molecule has 0 saturated carbocycles. The Bertz CT molecular complexity index is 742. The van der Waals surface area contributed by atoms with E-state index in [1.54, 1.807) is 18.0 Å². The van der Waals surface area contributed by atoms with Gasteiger partial charge in [0.2, 0.25) is 11.8 Å². The van der Waals surface area contributed by atoms with Gasteiger partial charge in [0, 0.05) is 25.6 Å². The zero-order valence-corrected chi connectivity index (χ0v) is 13.8. The number of carbonyl (C=O) groups excluding carboxylic acids is 2. The summed E-state index contributed by atoms with van der Waals surface area (Å²) in [5, 5.41) is 6.74. The lowest BCUT2D eigenvalue weighted by Crippen LogP contribution is -2.28. The van der Waals surface area contributed by atoms with Crippen molar-refractivity contribution in [1.82, 2.24) is 15.0 Å². The Kier molecular flexibility index (Phi) is 4.59. The van der Waals surface area contributed by atoms with E-state index < -0.39 is 0 Å². The average Bonchev–Trinajstić information content (AvgIpc) is 3.12. The third-order valence-electron chi connectivity index (χ3n) is 4.17. The van der Waals surface area contributed by atoms with Gasteiger partial charge in [-0.3, -0.25) is 14.6 Å². The first-order valence-electron chi connectivity index (χ1n) is 8.02. The highest BCUT2D eigenvalue weighted by Gasteiger charge is 2.35. The molecular formula is C17H20N4O3. The summed E-state index contributed by atoms with van der Waals surface area (Å²) in [6, 6.07) is 5.58. The van der Waals surface area contributed by atoms with E-state index in [1.807, 2.05) is 25.1 Å². The van der Waals surface area contributed by atoms with Crippen LogP contribution in [-0.2, 0) is 22.6 Å². The fourth-order valence-corrected chi connectivity index (χ4v) is 2.83. The van der Waals surface area contributed by atoms with Crippen LogP contribution in [0.5, 0.6) is 0 Å². The number of aryl methyl sites for hydroxylation is 2. The number of rotatable bonds is 5. The van der Waals surface area contributed by atoms with Crippen molar-refractivity contribution in [2.24, 2.45) is 5.92 Å². The molecule has 0 radical (unpaired) electrons. The number of nitrogens with one attached hydrogen (secondary N) is 1. The Hall–Kier alpha value is -2.70. The molecule has 1 fully saturated rings. The van der Waals surface area contributed by atoms with Gasteiger partial charge < -0.3 is 14.7 Å². The van der Waals surface area contributed by atoms with E-state index >= 15 is 0 Å². The molecule has 7 nitrogen and oxygen atoms in total. The molecule has 3 rings (SSSR count). The quantitative estimate of drug-likeness (QED) is 0.906. The molecule has 24 heavy (non-hydrogen) atoms. The zero-order valence-electron chi connectivity index (χ0n) is 13.8. The van der Waals surface area contributed by atoms with E-state index in [0.29, 0.717) is 36.7 Å². The molecule has 1 N–H and O–H groups in total. The van der Waals surface area contributed by atoms with Gasteiger partial charge in [0.15, 0.2) is 5.76 Å². The Morgan fingerprint density at radius 2 is 2.29 bits per heavy atom. The van der Waals surface area contributed by atoms with Crippen LogP contribution in [0.3, 0.4) is 0 Å². The monoisotopic (exact) mass is 328 g/mol. The maximum Gasteiger partial charge on any atom is 0.229 e. The maximum absolute atomic E-state index is 12.5. The van der Waals surface area contributed by atoms with Crippen molar-refractivity contribution in [2.45, 2.75) is 33.2 Å². The standard InChI is InChI=1S/C17H20N4O3/c1-3-14-16(11(2)20-24-14)19-17(23)12-8-15(22)21(9-12)10-13-6-4-5-7-18-13/h4-7,12H,3,8-10H2,1-2H3,(H,19,23). The topological polar surface area (TPSA) is 88.3 Å². The highest BCUT2D eigenvalue weighted by atomic mass is 16.5. The second-order valence-corrected chi connectivity index (χ2v) is 5.91. The molecule has 2 amide bonds. The summed E-state index contributed by atoms with van der Waals surface area (Å²) in [4.78, 5) is 30.6. The second-order valence-electron chi connectivity index (χ2n) is 5.91. The molecular weight excluding hydrogens is 308 g/mol. The van der Waals surface area contributed by atoms with E-state index in [2.05, 4.69) is 15.5 Å². The summed E-state index contributed by atoms with van der Waals surface area (Å²) in [7, 11) is 0. The van der Waals surface area contributed by atoms with Crippen molar-refractivity contribution < 1.29 is 14.1 Å². The second kappa shape index (κ2) is 6.82. The third-order valence-corrected chi connectivity index (χ3v) is 4.17. The molecule has 0 spiro atoms. The lowest BCUT2D eigenvalue weighted by atomic mass is 10.1. The summed E-state index contributed by atoms with van der Waals surface area (Å²) in [5.41, 5.74) is 2.09. The zero-order chi connectivity index (χ0) is 17.1.